The van der Waals surface area contributed by atoms with Gasteiger partial charge in [-0.2, -0.15) is 0 Å². The average molecular weight is 339 g/mol. The van der Waals surface area contributed by atoms with E-state index >= 15 is 0 Å². The number of benzene rings is 2. The molecule has 0 saturated carbocycles. The third-order valence-corrected chi connectivity index (χ3v) is 3.97. The molecule has 0 spiro atoms. The van der Waals surface area contributed by atoms with Gasteiger partial charge in [-0.3, -0.25) is 19.3 Å². The summed E-state index contributed by atoms with van der Waals surface area (Å²) in [5, 5.41) is 4.50. The quantitative estimate of drug-likeness (QED) is 0.681. The van der Waals surface area contributed by atoms with Crippen LogP contribution in [0.2, 0.25) is 0 Å². The number of fused-ring (bicyclic) bond motifs is 1. The molecule has 0 unspecified atom stereocenters. The van der Waals surface area contributed by atoms with E-state index < -0.39 is 36.3 Å². The molecule has 7 heteroatoms. The Bertz CT molecular complexity index is 886. The lowest BCUT2D eigenvalue weighted by molar-refractivity contribution is -0.144. The molecule has 1 aliphatic heterocycles. The van der Waals surface area contributed by atoms with Crippen LogP contribution in [0.5, 0.6) is 0 Å². The lowest BCUT2D eigenvalue weighted by Gasteiger charge is -2.18. The maximum absolute atomic E-state index is 12.3. The minimum Gasteiger partial charge on any atom is -0.324 e. The normalized spacial score (nSPS) is 14.8. The van der Waals surface area contributed by atoms with E-state index in [1.54, 1.807) is 26.0 Å². The van der Waals surface area contributed by atoms with Crippen LogP contribution in [0.4, 0.5) is 10.5 Å². The molecule has 1 saturated heterocycles. The van der Waals surface area contributed by atoms with Gasteiger partial charge in [-0.15, -0.1) is 0 Å². The second-order valence-electron chi connectivity index (χ2n) is 6.02. The van der Waals surface area contributed by atoms with E-state index in [9.17, 15) is 19.2 Å². The Morgan fingerprint density at radius 2 is 1.68 bits per heavy atom. The van der Waals surface area contributed by atoms with Crippen molar-refractivity contribution in [3.63, 3.8) is 0 Å². The largest absolute Gasteiger partial charge is 0.334 e. The van der Waals surface area contributed by atoms with E-state index in [0.717, 1.165) is 15.7 Å². The van der Waals surface area contributed by atoms with Crippen molar-refractivity contribution in [3.05, 3.63) is 42.5 Å². The molecule has 0 radical (unpaired) electrons. The van der Waals surface area contributed by atoms with Crippen LogP contribution in [0.3, 0.4) is 0 Å². The zero-order chi connectivity index (χ0) is 18.1. The summed E-state index contributed by atoms with van der Waals surface area (Å²) < 4.78 is 0. The first-order chi connectivity index (χ1) is 11.9. The second kappa shape index (κ2) is 6.35. The molecule has 0 atom stereocenters. The first-order valence-corrected chi connectivity index (χ1v) is 7.86. The summed E-state index contributed by atoms with van der Waals surface area (Å²) in [4.78, 5) is 49.9. The third-order valence-electron chi connectivity index (χ3n) is 3.97. The van der Waals surface area contributed by atoms with Crippen molar-refractivity contribution in [3.8, 4) is 0 Å². The number of nitrogens with one attached hydrogen (secondary N) is 1. The van der Waals surface area contributed by atoms with E-state index in [2.05, 4.69) is 5.32 Å². The molecule has 0 aromatic heterocycles. The molecular formula is C18H17N3O4. The van der Waals surface area contributed by atoms with Gasteiger partial charge in [0.2, 0.25) is 5.91 Å². The third kappa shape index (κ3) is 2.96. The standard InChI is InChI=1S/C18H17N3O4/c1-11(2)21-17(24)16(23)20(18(21)25)10-15(22)19-14-9-5-7-12-6-3-4-8-13(12)14/h3-9,11H,10H2,1-2H3,(H,19,22). The number of nitrogens with zero attached hydrogens (tertiary/aromatic N) is 2. The number of amides is 5. The molecule has 1 heterocycles. The molecular weight excluding hydrogens is 322 g/mol. The zero-order valence-corrected chi connectivity index (χ0v) is 13.9. The van der Waals surface area contributed by atoms with E-state index in [0.29, 0.717) is 10.6 Å². The Labute approximate surface area is 144 Å². The Kier molecular flexibility index (Phi) is 4.22. The Hall–Kier alpha value is -3.22. The minimum atomic E-state index is -0.980. The van der Waals surface area contributed by atoms with Gasteiger partial charge >= 0.3 is 17.8 Å². The number of urea groups is 1. The number of hydrogen-bond acceptors (Lipinski definition) is 4. The van der Waals surface area contributed by atoms with Gasteiger partial charge in [0.1, 0.15) is 6.54 Å². The van der Waals surface area contributed by atoms with Crippen LogP contribution in [0.15, 0.2) is 42.5 Å². The molecule has 0 bridgehead atoms. The molecule has 25 heavy (non-hydrogen) atoms. The van der Waals surface area contributed by atoms with Gasteiger partial charge in [-0.05, 0) is 25.3 Å². The summed E-state index contributed by atoms with van der Waals surface area (Å²) in [6.45, 7) is 2.75. The number of imide groups is 2. The van der Waals surface area contributed by atoms with Gasteiger partial charge in [0.25, 0.3) is 0 Å². The Morgan fingerprint density at radius 3 is 2.36 bits per heavy atom. The molecule has 7 nitrogen and oxygen atoms in total. The molecule has 2 aromatic rings. The van der Waals surface area contributed by atoms with Crippen LogP contribution in [0.1, 0.15) is 13.8 Å². The van der Waals surface area contributed by atoms with Crippen molar-refractivity contribution in [2.24, 2.45) is 0 Å². The SMILES string of the molecule is CC(C)N1C(=O)C(=O)N(CC(=O)Nc2cccc3ccccc23)C1=O. The number of hydrogen-bond donors (Lipinski definition) is 1. The average Bonchev–Trinajstić information content (AvgIpc) is 2.79. The lowest BCUT2D eigenvalue weighted by atomic mass is 10.1. The molecule has 3 rings (SSSR count). The molecule has 2 aromatic carbocycles. The maximum atomic E-state index is 12.3. The highest BCUT2D eigenvalue weighted by Gasteiger charge is 2.46. The molecule has 5 amide bonds. The number of carbonyl (C=O) groups excluding carboxylic acids is 4. The van der Waals surface area contributed by atoms with Crippen molar-refractivity contribution >= 4 is 40.2 Å². The van der Waals surface area contributed by atoms with Gasteiger partial charge in [0.15, 0.2) is 0 Å². The first kappa shape index (κ1) is 16.6. The van der Waals surface area contributed by atoms with Crippen molar-refractivity contribution in [1.82, 2.24) is 9.80 Å². The summed E-state index contributed by atoms with van der Waals surface area (Å²) in [5.41, 5.74) is 0.578. The van der Waals surface area contributed by atoms with Crippen LogP contribution in [0.25, 0.3) is 10.8 Å². The van der Waals surface area contributed by atoms with Gasteiger partial charge in [0, 0.05) is 17.1 Å². The van der Waals surface area contributed by atoms with Crippen molar-refractivity contribution < 1.29 is 19.2 Å². The van der Waals surface area contributed by atoms with E-state index in [1.807, 2.05) is 30.3 Å². The van der Waals surface area contributed by atoms with Gasteiger partial charge in [-0.1, -0.05) is 36.4 Å². The van der Waals surface area contributed by atoms with Gasteiger partial charge in [0.05, 0.1) is 0 Å². The van der Waals surface area contributed by atoms with E-state index in [4.69, 9.17) is 0 Å². The summed E-state index contributed by atoms with van der Waals surface area (Å²) in [6.07, 6.45) is 0. The highest BCUT2D eigenvalue weighted by Crippen LogP contribution is 2.23. The van der Waals surface area contributed by atoms with Crippen LogP contribution >= 0.6 is 0 Å². The van der Waals surface area contributed by atoms with Crippen LogP contribution in [-0.2, 0) is 14.4 Å². The number of rotatable bonds is 4. The molecule has 1 fully saturated rings. The van der Waals surface area contributed by atoms with Crippen molar-refractivity contribution in [2.75, 3.05) is 11.9 Å². The fourth-order valence-corrected chi connectivity index (χ4v) is 2.78. The first-order valence-electron chi connectivity index (χ1n) is 7.86. The zero-order valence-electron chi connectivity index (χ0n) is 13.9. The van der Waals surface area contributed by atoms with Crippen LogP contribution in [0, 0.1) is 0 Å². The summed E-state index contributed by atoms with van der Waals surface area (Å²) >= 11 is 0. The number of carbonyl (C=O) groups is 4. The monoisotopic (exact) mass is 339 g/mol. The van der Waals surface area contributed by atoms with Gasteiger partial charge in [-0.25, -0.2) is 9.69 Å². The van der Waals surface area contributed by atoms with Crippen molar-refractivity contribution in [1.29, 1.82) is 0 Å². The number of anilines is 1. The fraction of sp³-hybridized carbons (Fsp3) is 0.222. The topological polar surface area (TPSA) is 86.8 Å². The molecule has 0 aliphatic carbocycles. The van der Waals surface area contributed by atoms with E-state index in [1.165, 1.54) is 0 Å². The molecule has 1 aliphatic rings. The predicted molar refractivity (Wildman–Crippen MR) is 91.7 cm³/mol. The smallest absolute Gasteiger partial charge is 0.324 e. The predicted octanol–water partition coefficient (Wildman–Crippen LogP) is 1.98. The van der Waals surface area contributed by atoms with Crippen LogP contribution in [-0.4, -0.2) is 46.1 Å². The lowest BCUT2D eigenvalue weighted by Crippen LogP contribution is -2.40. The maximum Gasteiger partial charge on any atom is 0.334 e. The highest BCUT2D eigenvalue weighted by molar-refractivity contribution is 6.45. The van der Waals surface area contributed by atoms with Gasteiger partial charge < -0.3 is 5.32 Å². The van der Waals surface area contributed by atoms with E-state index in [-0.39, 0.29) is 0 Å². The summed E-state index contributed by atoms with van der Waals surface area (Å²) in [6, 6.07) is 11.8. The Balaban J connectivity index is 1.78. The second-order valence-corrected chi connectivity index (χ2v) is 6.02. The molecule has 128 valence electrons. The summed E-state index contributed by atoms with van der Waals surface area (Å²) in [5.74, 6) is -2.43. The molecule has 1 N–H and O–H groups in total. The van der Waals surface area contributed by atoms with Crippen molar-refractivity contribution in [2.45, 2.75) is 19.9 Å². The Morgan fingerprint density at radius 1 is 1.00 bits per heavy atom. The van der Waals surface area contributed by atoms with Crippen LogP contribution < -0.4 is 5.32 Å². The summed E-state index contributed by atoms with van der Waals surface area (Å²) in [7, 11) is 0. The highest BCUT2D eigenvalue weighted by atomic mass is 16.2. The minimum absolute atomic E-state index is 0.449. The fourth-order valence-electron chi connectivity index (χ4n) is 2.78.